The first-order valence-electron chi connectivity index (χ1n) is 10.9. The van der Waals surface area contributed by atoms with Crippen LogP contribution in [0.25, 0.3) is 0 Å². The first-order chi connectivity index (χ1) is 15.8. The van der Waals surface area contributed by atoms with Gasteiger partial charge in [0.25, 0.3) is 5.91 Å². The summed E-state index contributed by atoms with van der Waals surface area (Å²) in [4.78, 5) is 36.9. The van der Waals surface area contributed by atoms with Gasteiger partial charge in [0.15, 0.2) is 24.7 Å². The van der Waals surface area contributed by atoms with Gasteiger partial charge in [0, 0.05) is 12.0 Å². The molecule has 0 radical (unpaired) electrons. The van der Waals surface area contributed by atoms with Crippen molar-refractivity contribution in [2.24, 2.45) is 0 Å². The topological polar surface area (TPSA) is 100 Å². The summed E-state index contributed by atoms with van der Waals surface area (Å²) in [5.41, 5.74) is 1.99. The van der Waals surface area contributed by atoms with E-state index in [9.17, 15) is 14.4 Å². The highest BCUT2D eigenvalue weighted by atomic mass is 32.1. The van der Waals surface area contributed by atoms with E-state index in [0.717, 1.165) is 30.4 Å². The van der Waals surface area contributed by atoms with Crippen molar-refractivity contribution in [3.8, 4) is 11.5 Å². The molecule has 0 atom stereocenters. The molecule has 2 heterocycles. The molecule has 2 aromatic rings. The van der Waals surface area contributed by atoms with Crippen molar-refractivity contribution >= 4 is 34.2 Å². The first kappa shape index (κ1) is 23.1. The van der Waals surface area contributed by atoms with Crippen molar-refractivity contribution < 1.29 is 33.3 Å². The van der Waals surface area contributed by atoms with Gasteiger partial charge in [0.05, 0.1) is 12.2 Å². The van der Waals surface area contributed by atoms with Crippen molar-refractivity contribution in [1.82, 2.24) is 0 Å². The van der Waals surface area contributed by atoms with Crippen LogP contribution >= 0.6 is 11.3 Å². The summed E-state index contributed by atoms with van der Waals surface area (Å²) >= 11 is 1.27. The molecule has 2 aliphatic rings. The molecule has 9 heteroatoms. The largest absolute Gasteiger partial charge is 0.483 e. The molecule has 0 saturated heterocycles. The Morgan fingerprint density at radius 3 is 2.70 bits per heavy atom. The summed E-state index contributed by atoms with van der Waals surface area (Å²) < 4.78 is 21.7. The third kappa shape index (κ3) is 5.47. The standard InChI is InChI=1S/C24H27NO7S/c1-4-29-23(28)20-16(14-8-9-14)13-33-22(20)25-18(26)11-31-19(27)12-30-17-7-5-6-15-10-24(2,3)32-21(15)17/h5-7,13-14H,4,8-12H2,1-3H3,(H,25,26). The number of amides is 1. The normalized spacial score (nSPS) is 15.8. The molecular formula is C24H27NO7S. The first-order valence-corrected chi connectivity index (χ1v) is 11.8. The molecule has 33 heavy (non-hydrogen) atoms. The zero-order valence-corrected chi connectivity index (χ0v) is 19.7. The maximum atomic E-state index is 12.4. The van der Waals surface area contributed by atoms with Crippen LogP contribution in [0.1, 0.15) is 61.0 Å². The fourth-order valence-corrected chi connectivity index (χ4v) is 4.81. The van der Waals surface area contributed by atoms with Gasteiger partial charge < -0.3 is 24.3 Å². The molecule has 1 amide bonds. The van der Waals surface area contributed by atoms with E-state index in [1.54, 1.807) is 13.0 Å². The van der Waals surface area contributed by atoms with E-state index in [0.29, 0.717) is 28.0 Å². The summed E-state index contributed by atoms with van der Waals surface area (Å²) in [6, 6.07) is 5.53. The minimum atomic E-state index is -0.685. The van der Waals surface area contributed by atoms with Crippen LogP contribution in [-0.4, -0.2) is 43.3 Å². The lowest BCUT2D eigenvalue weighted by atomic mass is 10.0. The van der Waals surface area contributed by atoms with Crippen LogP contribution in [0.4, 0.5) is 5.00 Å². The predicted molar refractivity (Wildman–Crippen MR) is 122 cm³/mol. The molecule has 0 unspecified atom stereocenters. The molecule has 0 bridgehead atoms. The Labute approximate surface area is 196 Å². The van der Waals surface area contributed by atoms with Crippen molar-refractivity contribution in [2.75, 3.05) is 25.1 Å². The highest BCUT2D eigenvalue weighted by molar-refractivity contribution is 7.15. The number of ether oxygens (including phenoxy) is 4. The summed E-state index contributed by atoms with van der Waals surface area (Å²) in [6.07, 6.45) is 2.78. The number of hydrogen-bond donors (Lipinski definition) is 1. The number of hydrogen-bond acceptors (Lipinski definition) is 8. The highest BCUT2D eigenvalue weighted by Crippen LogP contribution is 2.46. The van der Waals surface area contributed by atoms with Gasteiger partial charge in [0.1, 0.15) is 10.6 Å². The van der Waals surface area contributed by atoms with E-state index in [4.69, 9.17) is 18.9 Å². The number of thiophene rings is 1. The van der Waals surface area contributed by atoms with Crippen LogP contribution in [-0.2, 0) is 25.5 Å². The maximum Gasteiger partial charge on any atom is 0.344 e. The van der Waals surface area contributed by atoms with Gasteiger partial charge in [-0.3, -0.25) is 4.79 Å². The lowest BCUT2D eigenvalue weighted by Crippen LogP contribution is -2.25. The number of nitrogens with one attached hydrogen (secondary N) is 1. The third-order valence-electron chi connectivity index (χ3n) is 5.33. The van der Waals surface area contributed by atoms with Crippen LogP contribution in [0, 0.1) is 0 Å². The Bertz CT molecular complexity index is 1070. The van der Waals surface area contributed by atoms with Crippen LogP contribution in [0.5, 0.6) is 11.5 Å². The van der Waals surface area contributed by atoms with Gasteiger partial charge >= 0.3 is 11.9 Å². The summed E-state index contributed by atoms with van der Waals surface area (Å²) in [6.45, 7) is 5.11. The van der Waals surface area contributed by atoms with Crippen molar-refractivity contribution in [2.45, 2.75) is 51.6 Å². The Morgan fingerprint density at radius 2 is 1.97 bits per heavy atom. The monoisotopic (exact) mass is 473 g/mol. The molecular weight excluding hydrogens is 446 g/mol. The quantitative estimate of drug-likeness (QED) is 0.548. The zero-order valence-electron chi connectivity index (χ0n) is 18.9. The maximum absolute atomic E-state index is 12.4. The number of carbonyl (C=O) groups excluding carboxylic acids is 3. The minimum absolute atomic E-state index is 0.247. The molecule has 1 fully saturated rings. The average Bonchev–Trinajstić information content (AvgIpc) is 3.44. The molecule has 1 aromatic heterocycles. The Balaban J connectivity index is 1.29. The molecule has 1 aliphatic heterocycles. The van der Waals surface area contributed by atoms with E-state index < -0.39 is 24.5 Å². The van der Waals surface area contributed by atoms with E-state index in [1.807, 2.05) is 31.4 Å². The summed E-state index contributed by atoms with van der Waals surface area (Å²) in [5.74, 6) is -0.259. The van der Waals surface area contributed by atoms with Crippen molar-refractivity contribution in [3.63, 3.8) is 0 Å². The van der Waals surface area contributed by atoms with E-state index in [-0.39, 0.29) is 18.8 Å². The zero-order chi connectivity index (χ0) is 23.6. The van der Waals surface area contributed by atoms with Gasteiger partial charge in [-0.1, -0.05) is 12.1 Å². The number of para-hydroxylation sites is 1. The number of anilines is 1. The van der Waals surface area contributed by atoms with Gasteiger partial charge in [-0.15, -0.1) is 11.3 Å². The van der Waals surface area contributed by atoms with Crippen molar-refractivity contribution in [3.05, 3.63) is 40.3 Å². The number of carbonyl (C=O) groups is 3. The predicted octanol–water partition coefficient (Wildman–Crippen LogP) is 4.08. The summed E-state index contributed by atoms with van der Waals surface area (Å²) in [7, 11) is 0. The molecule has 0 spiro atoms. The molecule has 176 valence electrons. The molecule has 1 N–H and O–H groups in total. The number of benzene rings is 1. The van der Waals surface area contributed by atoms with Gasteiger partial charge in [-0.05, 0) is 56.5 Å². The fourth-order valence-electron chi connectivity index (χ4n) is 3.76. The minimum Gasteiger partial charge on any atom is -0.483 e. The Morgan fingerprint density at radius 1 is 1.18 bits per heavy atom. The van der Waals surface area contributed by atoms with Crippen LogP contribution < -0.4 is 14.8 Å². The second kappa shape index (κ2) is 9.43. The number of rotatable bonds is 9. The lowest BCUT2D eigenvalue weighted by molar-refractivity contribution is -0.149. The van der Waals surface area contributed by atoms with E-state index in [1.165, 1.54) is 11.3 Å². The van der Waals surface area contributed by atoms with Crippen LogP contribution in [0.2, 0.25) is 0 Å². The van der Waals surface area contributed by atoms with Crippen LogP contribution in [0.15, 0.2) is 23.6 Å². The van der Waals surface area contributed by atoms with Crippen molar-refractivity contribution in [1.29, 1.82) is 0 Å². The summed E-state index contributed by atoms with van der Waals surface area (Å²) in [5, 5.41) is 4.95. The number of esters is 2. The second-order valence-electron chi connectivity index (χ2n) is 8.67. The highest BCUT2D eigenvalue weighted by Gasteiger charge is 2.33. The second-order valence-corrected chi connectivity index (χ2v) is 9.55. The fraction of sp³-hybridized carbons (Fsp3) is 0.458. The third-order valence-corrected chi connectivity index (χ3v) is 6.25. The van der Waals surface area contributed by atoms with Crippen LogP contribution in [0.3, 0.4) is 0 Å². The molecule has 8 nitrogen and oxygen atoms in total. The Kier molecular flexibility index (Phi) is 6.60. The SMILES string of the molecule is CCOC(=O)c1c(C2CC2)csc1NC(=O)COC(=O)COc1cccc2c1OC(C)(C)C2. The van der Waals surface area contributed by atoms with Gasteiger partial charge in [-0.2, -0.15) is 0 Å². The van der Waals surface area contributed by atoms with E-state index in [2.05, 4.69) is 5.32 Å². The average molecular weight is 474 g/mol. The molecule has 1 aromatic carbocycles. The molecule has 4 rings (SSSR count). The molecule has 1 saturated carbocycles. The Hall–Kier alpha value is -3.07. The van der Waals surface area contributed by atoms with Gasteiger partial charge in [0.2, 0.25) is 0 Å². The smallest absolute Gasteiger partial charge is 0.344 e. The number of fused-ring (bicyclic) bond motifs is 1. The lowest BCUT2D eigenvalue weighted by Gasteiger charge is -2.18. The van der Waals surface area contributed by atoms with Gasteiger partial charge in [-0.25, -0.2) is 9.59 Å². The molecule has 1 aliphatic carbocycles. The van der Waals surface area contributed by atoms with E-state index >= 15 is 0 Å².